The van der Waals surface area contributed by atoms with E-state index in [1.807, 2.05) is 30.3 Å². The Morgan fingerprint density at radius 3 is 2.31 bits per heavy atom. The van der Waals surface area contributed by atoms with Crippen LogP contribution in [-0.4, -0.2) is 24.6 Å². The molecule has 0 saturated carbocycles. The van der Waals surface area contributed by atoms with Crippen molar-refractivity contribution >= 4 is 23.5 Å². The van der Waals surface area contributed by atoms with Crippen LogP contribution in [-0.2, 0) is 14.3 Å². The first kappa shape index (κ1) is 19.8. The van der Waals surface area contributed by atoms with Gasteiger partial charge in [-0.2, -0.15) is 0 Å². The Morgan fingerprint density at radius 1 is 1.04 bits per heavy atom. The summed E-state index contributed by atoms with van der Waals surface area (Å²) in [4.78, 5) is 24.3. The third kappa shape index (κ3) is 6.76. The summed E-state index contributed by atoms with van der Waals surface area (Å²) in [6, 6.07) is 15.5. The van der Waals surface area contributed by atoms with Gasteiger partial charge in [-0.25, -0.2) is 0 Å². The molecular weight excluding hydrogens is 354 g/mol. The monoisotopic (exact) mass is 375 g/mol. The maximum Gasteiger partial charge on any atom is 0.308 e. The van der Waals surface area contributed by atoms with Crippen LogP contribution in [0.5, 0.6) is 5.75 Å². The largest absolute Gasteiger partial charge is 0.484 e. The zero-order valence-electron chi connectivity index (χ0n) is 14.8. The van der Waals surface area contributed by atoms with E-state index in [4.69, 9.17) is 21.1 Å². The van der Waals surface area contributed by atoms with Crippen LogP contribution in [0, 0.1) is 0 Å². The van der Waals surface area contributed by atoms with Gasteiger partial charge in [-0.05, 0) is 43.7 Å². The van der Waals surface area contributed by atoms with E-state index in [0.29, 0.717) is 10.8 Å². The Labute approximate surface area is 158 Å². The molecule has 2 rings (SSSR count). The topological polar surface area (TPSA) is 64.6 Å². The maximum absolute atomic E-state index is 12.3. The van der Waals surface area contributed by atoms with Gasteiger partial charge in [0.1, 0.15) is 5.75 Å². The van der Waals surface area contributed by atoms with Gasteiger partial charge in [0.15, 0.2) is 6.61 Å². The highest BCUT2D eigenvalue weighted by Gasteiger charge is 2.20. The Morgan fingerprint density at radius 2 is 1.69 bits per heavy atom. The molecule has 0 aliphatic heterocycles. The molecular formula is C20H22ClNO4. The van der Waals surface area contributed by atoms with Gasteiger partial charge >= 0.3 is 5.97 Å². The molecule has 0 aromatic heterocycles. The van der Waals surface area contributed by atoms with Crippen LogP contribution >= 0.6 is 11.6 Å². The van der Waals surface area contributed by atoms with Crippen LogP contribution in [0.1, 0.15) is 31.9 Å². The average Bonchev–Trinajstić information content (AvgIpc) is 2.61. The van der Waals surface area contributed by atoms with Gasteiger partial charge in [-0.15, -0.1) is 0 Å². The highest BCUT2D eigenvalue weighted by Crippen LogP contribution is 2.18. The molecule has 6 heteroatoms. The number of carbonyl (C=O) groups excluding carboxylic acids is 2. The van der Waals surface area contributed by atoms with Crippen molar-refractivity contribution in [1.29, 1.82) is 0 Å². The second kappa shape index (κ2) is 9.82. The van der Waals surface area contributed by atoms with E-state index in [2.05, 4.69) is 5.32 Å². The Balaban J connectivity index is 1.97. The molecule has 0 bridgehead atoms. The van der Waals surface area contributed by atoms with Gasteiger partial charge in [0, 0.05) is 5.02 Å². The SMILES string of the molecule is CC(C)OC(=O)CC(NC(=O)COc1ccc(Cl)cc1)c1ccccc1. The first-order chi connectivity index (χ1) is 12.4. The number of ether oxygens (including phenoxy) is 2. The van der Waals surface area contributed by atoms with Gasteiger partial charge in [0.25, 0.3) is 5.91 Å². The number of nitrogens with one attached hydrogen (secondary N) is 1. The van der Waals surface area contributed by atoms with Crippen LogP contribution in [0.15, 0.2) is 54.6 Å². The van der Waals surface area contributed by atoms with E-state index in [1.54, 1.807) is 38.1 Å². The van der Waals surface area contributed by atoms with Crippen LogP contribution in [0.25, 0.3) is 0 Å². The van der Waals surface area contributed by atoms with Crippen molar-refractivity contribution in [2.45, 2.75) is 32.4 Å². The average molecular weight is 376 g/mol. The molecule has 0 aliphatic carbocycles. The first-order valence-corrected chi connectivity index (χ1v) is 8.74. The number of amides is 1. The second-order valence-corrected chi connectivity index (χ2v) is 6.45. The lowest BCUT2D eigenvalue weighted by atomic mass is 10.0. The number of halogens is 1. The van der Waals surface area contributed by atoms with E-state index < -0.39 is 6.04 Å². The fraction of sp³-hybridized carbons (Fsp3) is 0.300. The van der Waals surface area contributed by atoms with Crippen molar-refractivity contribution in [3.05, 3.63) is 65.2 Å². The van der Waals surface area contributed by atoms with Gasteiger partial charge in [-0.3, -0.25) is 9.59 Å². The van der Waals surface area contributed by atoms with Gasteiger partial charge in [-0.1, -0.05) is 41.9 Å². The Bertz CT molecular complexity index is 716. The molecule has 5 nitrogen and oxygen atoms in total. The maximum atomic E-state index is 12.3. The minimum absolute atomic E-state index is 0.0505. The summed E-state index contributed by atoms with van der Waals surface area (Å²) in [6.07, 6.45) is -0.155. The van der Waals surface area contributed by atoms with Crippen LogP contribution < -0.4 is 10.1 Å². The molecule has 1 N–H and O–H groups in total. The molecule has 0 spiro atoms. The standard InChI is InChI=1S/C20H22ClNO4/c1-14(2)26-20(24)12-18(15-6-4-3-5-7-15)22-19(23)13-25-17-10-8-16(21)9-11-17/h3-11,14,18H,12-13H2,1-2H3,(H,22,23). The van der Waals surface area contributed by atoms with E-state index >= 15 is 0 Å². The first-order valence-electron chi connectivity index (χ1n) is 8.36. The highest BCUT2D eigenvalue weighted by molar-refractivity contribution is 6.30. The third-order valence-corrected chi connectivity index (χ3v) is 3.71. The van der Waals surface area contributed by atoms with Gasteiger partial charge in [0.2, 0.25) is 0 Å². The fourth-order valence-corrected chi connectivity index (χ4v) is 2.46. The number of benzene rings is 2. The quantitative estimate of drug-likeness (QED) is 0.710. The lowest BCUT2D eigenvalue weighted by molar-refractivity contribution is -0.148. The molecule has 1 amide bonds. The smallest absolute Gasteiger partial charge is 0.308 e. The summed E-state index contributed by atoms with van der Waals surface area (Å²) in [5.41, 5.74) is 0.827. The number of carbonyl (C=O) groups is 2. The summed E-state index contributed by atoms with van der Waals surface area (Å²) in [7, 11) is 0. The highest BCUT2D eigenvalue weighted by atomic mass is 35.5. The predicted octanol–water partition coefficient (Wildman–Crippen LogP) is 3.92. The van der Waals surface area contributed by atoms with Crippen molar-refractivity contribution in [3.63, 3.8) is 0 Å². The molecule has 2 aromatic carbocycles. The minimum Gasteiger partial charge on any atom is -0.484 e. The lowest BCUT2D eigenvalue weighted by Gasteiger charge is -2.19. The Hall–Kier alpha value is -2.53. The third-order valence-electron chi connectivity index (χ3n) is 3.46. The van der Waals surface area contributed by atoms with Crippen molar-refractivity contribution in [3.8, 4) is 5.75 Å². The van der Waals surface area contributed by atoms with Crippen molar-refractivity contribution in [2.24, 2.45) is 0 Å². The number of hydrogen-bond donors (Lipinski definition) is 1. The van der Waals surface area contributed by atoms with E-state index in [9.17, 15) is 9.59 Å². The molecule has 0 radical (unpaired) electrons. The van der Waals surface area contributed by atoms with Gasteiger partial charge in [0.05, 0.1) is 18.6 Å². The summed E-state index contributed by atoms with van der Waals surface area (Å²) in [5, 5.41) is 3.42. The van der Waals surface area contributed by atoms with E-state index in [0.717, 1.165) is 5.56 Å². The second-order valence-electron chi connectivity index (χ2n) is 6.02. The summed E-state index contributed by atoms with van der Waals surface area (Å²) in [6.45, 7) is 3.41. The van der Waals surface area contributed by atoms with E-state index in [-0.39, 0.29) is 31.0 Å². The van der Waals surface area contributed by atoms with Crippen molar-refractivity contribution in [2.75, 3.05) is 6.61 Å². The molecule has 2 aromatic rings. The predicted molar refractivity (Wildman–Crippen MR) is 100 cm³/mol. The van der Waals surface area contributed by atoms with Crippen molar-refractivity contribution < 1.29 is 19.1 Å². The molecule has 26 heavy (non-hydrogen) atoms. The van der Waals surface area contributed by atoms with Crippen molar-refractivity contribution in [1.82, 2.24) is 5.32 Å². The summed E-state index contributed by atoms with van der Waals surface area (Å²) >= 11 is 5.82. The van der Waals surface area contributed by atoms with Crippen LogP contribution in [0.4, 0.5) is 0 Å². The number of hydrogen-bond acceptors (Lipinski definition) is 4. The summed E-state index contributed by atoms with van der Waals surface area (Å²) in [5.74, 6) is -0.154. The molecule has 138 valence electrons. The Kier molecular flexibility index (Phi) is 7.48. The molecule has 1 atom stereocenters. The number of rotatable bonds is 8. The molecule has 0 saturated heterocycles. The number of esters is 1. The molecule has 0 heterocycles. The van der Waals surface area contributed by atoms with E-state index in [1.165, 1.54) is 0 Å². The lowest BCUT2D eigenvalue weighted by Crippen LogP contribution is -2.34. The van der Waals surface area contributed by atoms with Gasteiger partial charge < -0.3 is 14.8 Å². The normalized spacial score (nSPS) is 11.7. The molecule has 0 aliphatic rings. The summed E-state index contributed by atoms with van der Waals surface area (Å²) < 4.78 is 10.6. The molecule has 0 fully saturated rings. The zero-order chi connectivity index (χ0) is 18.9. The van der Waals surface area contributed by atoms with Crippen LogP contribution in [0.3, 0.4) is 0 Å². The van der Waals surface area contributed by atoms with Crippen LogP contribution in [0.2, 0.25) is 5.02 Å². The minimum atomic E-state index is -0.483. The zero-order valence-corrected chi connectivity index (χ0v) is 15.5. The molecule has 1 unspecified atom stereocenters. The fourth-order valence-electron chi connectivity index (χ4n) is 2.33.